The molecular formula is C14H14N2O2. The van der Waals surface area contributed by atoms with Crippen molar-refractivity contribution in [2.24, 2.45) is 7.05 Å². The van der Waals surface area contributed by atoms with Gasteiger partial charge in [-0.3, -0.25) is 4.68 Å². The Labute approximate surface area is 104 Å². The molecule has 1 atom stereocenters. The van der Waals surface area contributed by atoms with Crippen LogP contribution < -0.4 is 0 Å². The summed E-state index contributed by atoms with van der Waals surface area (Å²) in [7, 11) is 1.82. The summed E-state index contributed by atoms with van der Waals surface area (Å²) in [5.74, 6) is 0.741. The van der Waals surface area contributed by atoms with Crippen LogP contribution >= 0.6 is 0 Å². The van der Waals surface area contributed by atoms with Crippen molar-refractivity contribution in [2.75, 3.05) is 0 Å². The van der Waals surface area contributed by atoms with Crippen LogP contribution in [0.25, 0.3) is 11.0 Å². The highest BCUT2D eigenvalue weighted by Gasteiger charge is 2.21. The van der Waals surface area contributed by atoms with Crippen molar-refractivity contribution in [3.8, 4) is 0 Å². The van der Waals surface area contributed by atoms with Crippen LogP contribution in [0.1, 0.15) is 23.1 Å². The molecule has 0 saturated carbocycles. The van der Waals surface area contributed by atoms with Crippen LogP contribution in [0.3, 0.4) is 0 Å². The Morgan fingerprint density at radius 3 is 2.78 bits per heavy atom. The Morgan fingerprint density at radius 2 is 2.06 bits per heavy atom. The fraction of sp³-hybridized carbons (Fsp3) is 0.214. The number of benzene rings is 1. The molecule has 18 heavy (non-hydrogen) atoms. The van der Waals surface area contributed by atoms with Gasteiger partial charge in [-0.2, -0.15) is 5.10 Å². The van der Waals surface area contributed by atoms with Gasteiger partial charge in [-0.25, -0.2) is 0 Å². The second-order valence-electron chi connectivity index (χ2n) is 4.35. The van der Waals surface area contributed by atoms with Crippen molar-refractivity contribution < 1.29 is 9.52 Å². The Bertz CT molecular complexity index is 697. The monoisotopic (exact) mass is 242 g/mol. The van der Waals surface area contributed by atoms with Crippen molar-refractivity contribution in [3.05, 3.63) is 53.5 Å². The molecule has 3 aromatic rings. The normalized spacial score (nSPS) is 13.1. The van der Waals surface area contributed by atoms with Gasteiger partial charge in [-0.1, -0.05) is 18.2 Å². The van der Waals surface area contributed by atoms with E-state index in [1.807, 2.05) is 44.3 Å². The van der Waals surface area contributed by atoms with Crippen LogP contribution in [-0.2, 0) is 7.05 Å². The first-order valence-electron chi connectivity index (χ1n) is 5.82. The van der Waals surface area contributed by atoms with Crippen LogP contribution in [0.4, 0.5) is 0 Å². The van der Waals surface area contributed by atoms with E-state index in [1.165, 1.54) is 0 Å². The summed E-state index contributed by atoms with van der Waals surface area (Å²) in [6, 6.07) is 9.54. The second-order valence-corrected chi connectivity index (χ2v) is 4.35. The molecule has 0 aliphatic rings. The minimum Gasteiger partial charge on any atom is -0.461 e. The molecule has 1 aromatic carbocycles. The number of hydrogen-bond acceptors (Lipinski definition) is 3. The van der Waals surface area contributed by atoms with Gasteiger partial charge >= 0.3 is 0 Å². The fourth-order valence-electron chi connectivity index (χ4n) is 2.33. The van der Waals surface area contributed by atoms with E-state index in [4.69, 9.17) is 4.42 Å². The lowest BCUT2D eigenvalue weighted by atomic mass is 10.0. The van der Waals surface area contributed by atoms with Crippen molar-refractivity contribution in [1.29, 1.82) is 0 Å². The maximum atomic E-state index is 10.5. The van der Waals surface area contributed by atoms with Gasteiger partial charge in [0.15, 0.2) is 0 Å². The summed E-state index contributed by atoms with van der Waals surface area (Å²) < 4.78 is 7.34. The summed E-state index contributed by atoms with van der Waals surface area (Å²) in [5.41, 5.74) is 2.37. The highest BCUT2D eigenvalue weighted by molar-refractivity contribution is 5.83. The van der Waals surface area contributed by atoms with Crippen LogP contribution in [-0.4, -0.2) is 14.9 Å². The number of hydrogen-bond donors (Lipinski definition) is 1. The van der Waals surface area contributed by atoms with Crippen LogP contribution in [0.15, 0.2) is 40.9 Å². The Kier molecular flexibility index (Phi) is 2.45. The van der Waals surface area contributed by atoms with Gasteiger partial charge < -0.3 is 9.52 Å². The smallest absolute Gasteiger partial charge is 0.134 e. The predicted molar refractivity (Wildman–Crippen MR) is 68.2 cm³/mol. The van der Waals surface area contributed by atoms with Gasteiger partial charge in [0.1, 0.15) is 17.4 Å². The maximum absolute atomic E-state index is 10.5. The molecule has 0 spiro atoms. The number of aliphatic hydroxyl groups excluding tert-OH is 1. The zero-order valence-corrected chi connectivity index (χ0v) is 10.3. The molecule has 0 aliphatic carbocycles. The molecule has 0 amide bonds. The van der Waals surface area contributed by atoms with E-state index in [-0.39, 0.29) is 0 Å². The van der Waals surface area contributed by atoms with Crippen molar-refractivity contribution in [1.82, 2.24) is 9.78 Å². The second kappa shape index (κ2) is 3.99. The number of rotatable bonds is 2. The lowest BCUT2D eigenvalue weighted by Crippen LogP contribution is -2.07. The number of para-hydroxylation sites is 1. The van der Waals surface area contributed by atoms with Crippen molar-refractivity contribution >= 4 is 11.0 Å². The van der Waals surface area contributed by atoms with E-state index in [1.54, 1.807) is 10.9 Å². The average molecular weight is 242 g/mol. The van der Waals surface area contributed by atoms with Crippen LogP contribution in [0.5, 0.6) is 0 Å². The van der Waals surface area contributed by atoms with Crippen molar-refractivity contribution in [3.63, 3.8) is 0 Å². The van der Waals surface area contributed by atoms with Crippen LogP contribution in [0.2, 0.25) is 0 Å². The lowest BCUT2D eigenvalue weighted by molar-refractivity contribution is 0.209. The fourth-order valence-corrected chi connectivity index (χ4v) is 2.33. The molecule has 0 fully saturated rings. The lowest BCUT2D eigenvalue weighted by Gasteiger charge is -2.10. The molecule has 0 saturated heterocycles. The summed E-state index contributed by atoms with van der Waals surface area (Å²) in [6.07, 6.45) is 0.956. The van der Waals surface area contributed by atoms with Gasteiger partial charge in [0, 0.05) is 24.2 Å². The Balaban J connectivity index is 2.20. The average Bonchev–Trinajstić information content (AvgIpc) is 2.91. The molecular weight excluding hydrogens is 228 g/mol. The highest BCUT2D eigenvalue weighted by atomic mass is 16.3. The topological polar surface area (TPSA) is 51.2 Å². The molecule has 92 valence electrons. The molecule has 2 heterocycles. The largest absolute Gasteiger partial charge is 0.461 e. The summed E-state index contributed by atoms with van der Waals surface area (Å²) in [6.45, 7) is 1.87. The molecule has 1 unspecified atom stereocenters. The number of furan rings is 1. The first-order valence-corrected chi connectivity index (χ1v) is 5.82. The first kappa shape index (κ1) is 11.0. The number of nitrogens with zero attached hydrogens (tertiary/aromatic N) is 2. The van der Waals surface area contributed by atoms with E-state index in [2.05, 4.69) is 5.10 Å². The SMILES string of the molecule is Cc1oc2ccccc2c1C(O)c1ccnn1C. The predicted octanol–water partition coefficient (Wildman–Crippen LogP) is 2.56. The summed E-state index contributed by atoms with van der Waals surface area (Å²) >= 11 is 0. The zero-order chi connectivity index (χ0) is 12.7. The third kappa shape index (κ3) is 1.54. The minimum absolute atomic E-state index is 0.721. The number of aromatic nitrogens is 2. The van der Waals surface area contributed by atoms with Gasteiger partial charge in [-0.15, -0.1) is 0 Å². The molecule has 3 rings (SSSR count). The van der Waals surface area contributed by atoms with Crippen LogP contribution in [0, 0.1) is 6.92 Å². The van der Waals surface area contributed by atoms with E-state index >= 15 is 0 Å². The molecule has 4 heteroatoms. The summed E-state index contributed by atoms with van der Waals surface area (Å²) in [5, 5.41) is 15.5. The molecule has 0 aliphatic heterocycles. The molecule has 0 bridgehead atoms. The van der Waals surface area contributed by atoms with E-state index in [0.29, 0.717) is 0 Å². The Hall–Kier alpha value is -2.07. The molecule has 4 nitrogen and oxygen atoms in total. The third-order valence-electron chi connectivity index (χ3n) is 3.23. The van der Waals surface area contributed by atoms with Gasteiger partial charge in [0.25, 0.3) is 0 Å². The zero-order valence-electron chi connectivity index (χ0n) is 10.3. The van der Waals surface area contributed by atoms with Gasteiger partial charge in [0.2, 0.25) is 0 Å². The quantitative estimate of drug-likeness (QED) is 0.751. The molecule has 1 N–H and O–H groups in total. The maximum Gasteiger partial charge on any atom is 0.134 e. The number of aliphatic hydroxyl groups is 1. The summed E-state index contributed by atoms with van der Waals surface area (Å²) in [4.78, 5) is 0. The minimum atomic E-state index is -0.721. The number of fused-ring (bicyclic) bond motifs is 1. The van der Waals surface area contributed by atoms with Gasteiger partial charge in [-0.05, 0) is 19.1 Å². The number of aryl methyl sites for hydroxylation is 2. The Morgan fingerprint density at radius 1 is 1.28 bits per heavy atom. The van der Waals surface area contributed by atoms with E-state index in [9.17, 15) is 5.11 Å². The van der Waals surface area contributed by atoms with E-state index < -0.39 is 6.10 Å². The van der Waals surface area contributed by atoms with Gasteiger partial charge in [0.05, 0.1) is 5.69 Å². The highest BCUT2D eigenvalue weighted by Crippen LogP contribution is 2.33. The third-order valence-corrected chi connectivity index (χ3v) is 3.23. The van der Waals surface area contributed by atoms with Crippen molar-refractivity contribution in [2.45, 2.75) is 13.0 Å². The molecule has 0 radical (unpaired) electrons. The molecule has 2 aromatic heterocycles. The first-order chi connectivity index (χ1) is 8.68. The van der Waals surface area contributed by atoms with E-state index in [0.717, 1.165) is 28.0 Å². The standard InChI is InChI=1S/C14H14N2O2/c1-9-13(10-5-3-4-6-12(10)18-9)14(17)11-7-8-15-16(11)2/h3-8,14,17H,1-2H3.